The van der Waals surface area contributed by atoms with Crippen LogP contribution in [0.4, 0.5) is 0 Å². The third-order valence-electron chi connectivity index (χ3n) is 5.60. The van der Waals surface area contributed by atoms with Crippen molar-refractivity contribution >= 4 is 0 Å². The van der Waals surface area contributed by atoms with Crippen molar-refractivity contribution in [2.75, 3.05) is 14.2 Å². The molecule has 170 valence electrons. The highest BCUT2D eigenvalue weighted by molar-refractivity contribution is 5.38. The molecule has 0 radical (unpaired) electrons. The average molecular weight is 437 g/mol. The maximum Gasteiger partial charge on any atom is 0.173 e. The van der Waals surface area contributed by atoms with Crippen LogP contribution in [0.25, 0.3) is 0 Å². The Morgan fingerprint density at radius 3 is 1.88 bits per heavy atom. The summed E-state index contributed by atoms with van der Waals surface area (Å²) in [6.07, 6.45) is 2.99. The number of benzene rings is 2. The predicted molar refractivity (Wildman–Crippen MR) is 125 cm³/mol. The third kappa shape index (κ3) is 6.45. The Balaban J connectivity index is 1.71. The molecule has 3 rings (SSSR count). The van der Waals surface area contributed by atoms with E-state index in [1.807, 2.05) is 24.3 Å². The molecule has 0 saturated carbocycles. The van der Waals surface area contributed by atoms with E-state index in [1.54, 1.807) is 38.7 Å². The van der Waals surface area contributed by atoms with E-state index in [9.17, 15) is 5.11 Å². The number of nitrogens with zero attached hydrogens (tertiary/aromatic N) is 1. The van der Waals surface area contributed by atoms with Gasteiger partial charge in [-0.1, -0.05) is 31.2 Å². The van der Waals surface area contributed by atoms with Crippen LogP contribution >= 0.6 is 0 Å². The SMILES string of the molecule is COc1ccc(C(CC(C)C[C@H](O)C(N)Oc2cccnc2)c2ccc(OC)cc2)cc1. The van der Waals surface area contributed by atoms with E-state index < -0.39 is 12.3 Å². The number of aromatic nitrogens is 1. The molecule has 0 aliphatic carbocycles. The van der Waals surface area contributed by atoms with E-state index in [2.05, 4.69) is 36.2 Å². The number of ether oxygens (including phenoxy) is 3. The van der Waals surface area contributed by atoms with E-state index in [4.69, 9.17) is 19.9 Å². The molecule has 0 spiro atoms. The first-order valence-electron chi connectivity index (χ1n) is 10.8. The lowest BCUT2D eigenvalue weighted by atomic mass is 9.82. The van der Waals surface area contributed by atoms with E-state index in [0.717, 1.165) is 17.9 Å². The van der Waals surface area contributed by atoms with Crippen LogP contribution in [0.3, 0.4) is 0 Å². The van der Waals surface area contributed by atoms with Gasteiger partial charge in [-0.15, -0.1) is 0 Å². The normalized spacial score (nSPS) is 13.9. The molecule has 6 nitrogen and oxygen atoms in total. The molecule has 3 aromatic rings. The summed E-state index contributed by atoms with van der Waals surface area (Å²) in [4.78, 5) is 4.01. The van der Waals surface area contributed by atoms with Crippen molar-refractivity contribution in [3.05, 3.63) is 84.2 Å². The lowest BCUT2D eigenvalue weighted by Gasteiger charge is -2.26. The first-order chi connectivity index (χ1) is 15.5. The highest BCUT2D eigenvalue weighted by Gasteiger charge is 2.23. The number of pyridine rings is 1. The Morgan fingerprint density at radius 2 is 1.41 bits per heavy atom. The molecule has 32 heavy (non-hydrogen) atoms. The summed E-state index contributed by atoms with van der Waals surface area (Å²) in [5.41, 5.74) is 8.46. The summed E-state index contributed by atoms with van der Waals surface area (Å²) in [6.45, 7) is 2.13. The molecule has 0 fully saturated rings. The quantitative estimate of drug-likeness (QED) is 0.434. The van der Waals surface area contributed by atoms with Gasteiger partial charge < -0.3 is 19.3 Å². The summed E-state index contributed by atoms with van der Waals surface area (Å²) in [6, 6.07) is 19.8. The molecule has 0 bridgehead atoms. The summed E-state index contributed by atoms with van der Waals surface area (Å²) in [7, 11) is 3.33. The van der Waals surface area contributed by atoms with Gasteiger partial charge in [-0.3, -0.25) is 10.7 Å². The Bertz CT molecular complexity index is 885. The van der Waals surface area contributed by atoms with Crippen LogP contribution in [0, 0.1) is 5.92 Å². The number of aliphatic hydroxyl groups excluding tert-OH is 1. The summed E-state index contributed by atoms with van der Waals surface area (Å²) < 4.78 is 16.3. The van der Waals surface area contributed by atoms with E-state index in [1.165, 1.54) is 11.1 Å². The minimum atomic E-state index is -0.818. The fourth-order valence-corrected chi connectivity index (χ4v) is 3.83. The van der Waals surface area contributed by atoms with Crippen LogP contribution in [-0.4, -0.2) is 36.6 Å². The molecule has 1 heterocycles. The van der Waals surface area contributed by atoms with Gasteiger partial charge in [0.1, 0.15) is 23.4 Å². The zero-order valence-electron chi connectivity index (χ0n) is 18.8. The largest absolute Gasteiger partial charge is 0.497 e. The van der Waals surface area contributed by atoms with Crippen molar-refractivity contribution in [3.63, 3.8) is 0 Å². The maximum absolute atomic E-state index is 10.6. The summed E-state index contributed by atoms with van der Waals surface area (Å²) in [5, 5.41) is 10.6. The minimum absolute atomic E-state index is 0.157. The molecule has 3 atom stereocenters. The van der Waals surface area contributed by atoms with Crippen molar-refractivity contribution in [1.82, 2.24) is 4.98 Å². The lowest BCUT2D eigenvalue weighted by Crippen LogP contribution is -2.40. The Hall–Kier alpha value is -3.09. The molecule has 0 amide bonds. The van der Waals surface area contributed by atoms with Gasteiger partial charge in [0.15, 0.2) is 6.23 Å². The van der Waals surface area contributed by atoms with Crippen molar-refractivity contribution in [3.8, 4) is 17.2 Å². The van der Waals surface area contributed by atoms with E-state index in [-0.39, 0.29) is 11.8 Å². The predicted octanol–water partition coefficient (Wildman–Crippen LogP) is 4.37. The van der Waals surface area contributed by atoms with Crippen molar-refractivity contribution < 1.29 is 19.3 Å². The van der Waals surface area contributed by atoms with Gasteiger partial charge in [-0.05, 0) is 66.3 Å². The van der Waals surface area contributed by atoms with Crippen LogP contribution < -0.4 is 19.9 Å². The second kappa shape index (κ2) is 11.5. The number of nitrogens with two attached hydrogens (primary N) is 1. The highest BCUT2D eigenvalue weighted by Crippen LogP contribution is 2.34. The summed E-state index contributed by atoms with van der Waals surface area (Å²) >= 11 is 0. The van der Waals surface area contributed by atoms with Gasteiger partial charge in [0.25, 0.3) is 0 Å². The van der Waals surface area contributed by atoms with E-state index >= 15 is 0 Å². The van der Waals surface area contributed by atoms with Gasteiger partial charge in [-0.25, -0.2) is 0 Å². The fraction of sp³-hybridized carbons (Fsp3) is 0.346. The highest BCUT2D eigenvalue weighted by atomic mass is 16.5. The van der Waals surface area contributed by atoms with Gasteiger partial charge >= 0.3 is 0 Å². The van der Waals surface area contributed by atoms with Crippen LogP contribution in [-0.2, 0) is 0 Å². The molecule has 1 aromatic heterocycles. The van der Waals surface area contributed by atoms with E-state index in [0.29, 0.717) is 12.2 Å². The monoisotopic (exact) mass is 436 g/mol. The zero-order chi connectivity index (χ0) is 22.9. The van der Waals surface area contributed by atoms with Gasteiger partial charge in [0, 0.05) is 12.1 Å². The topological polar surface area (TPSA) is 86.8 Å². The van der Waals surface area contributed by atoms with Gasteiger partial charge in [0.05, 0.1) is 20.4 Å². The molecular formula is C26H32N2O4. The van der Waals surface area contributed by atoms with Gasteiger partial charge in [0.2, 0.25) is 0 Å². The minimum Gasteiger partial charge on any atom is -0.497 e. The standard InChI is InChI=1S/C26H32N2O4/c1-18(16-25(29)26(27)32-23-5-4-14-28-17-23)15-24(19-6-10-21(30-2)11-7-19)20-8-12-22(31-3)13-9-20/h4-14,17-18,24-26,29H,15-16,27H2,1-3H3/t18?,25-,26?/m0/s1. The molecular weight excluding hydrogens is 404 g/mol. The molecule has 2 unspecified atom stereocenters. The Kier molecular flexibility index (Phi) is 8.48. The second-order valence-corrected chi connectivity index (χ2v) is 8.01. The van der Waals surface area contributed by atoms with Crippen molar-refractivity contribution in [2.45, 2.75) is 38.0 Å². The zero-order valence-corrected chi connectivity index (χ0v) is 18.8. The average Bonchev–Trinajstić information content (AvgIpc) is 2.83. The fourth-order valence-electron chi connectivity index (χ4n) is 3.83. The third-order valence-corrected chi connectivity index (χ3v) is 5.60. The van der Waals surface area contributed by atoms with Crippen LogP contribution in [0.5, 0.6) is 17.2 Å². The Morgan fingerprint density at radius 1 is 0.844 bits per heavy atom. The smallest absolute Gasteiger partial charge is 0.173 e. The summed E-state index contributed by atoms with van der Waals surface area (Å²) in [5.74, 6) is 2.54. The second-order valence-electron chi connectivity index (χ2n) is 8.01. The number of methoxy groups -OCH3 is 2. The number of aliphatic hydroxyl groups is 1. The van der Waals surface area contributed by atoms with Crippen molar-refractivity contribution in [2.24, 2.45) is 11.7 Å². The number of hydrogen-bond acceptors (Lipinski definition) is 6. The molecule has 0 saturated heterocycles. The lowest BCUT2D eigenvalue weighted by molar-refractivity contribution is 0.0241. The van der Waals surface area contributed by atoms with Crippen LogP contribution in [0.15, 0.2) is 73.1 Å². The molecule has 6 heteroatoms. The number of hydrogen-bond donors (Lipinski definition) is 2. The first kappa shape index (κ1) is 23.6. The molecule has 2 aromatic carbocycles. The van der Waals surface area contributed by atoms with Crippen LogP contribution in [0.2, 0.25) is 0 Å². The first-order valence-corrected chi connectivity index (χ1v) is 10.8. The molecule has 3 N–H and O–H groups in total. The molecule has 0 aliphatic rings. The number of rotatable bonds is 11. The Labute approximate surface area is 190 Å². The van der Waals surface area contributed by atoms with Gasteiger partial charge in [-0.2, -0.15) is 0 Å². The molecule has 0 aliphatic heterocycles. The maximum atomic E-state index is 10.6. The van der Waals surface area contributed by atoms with Crippen molar-refractivity contribution in [1.29, 1.82) is 0 Å². The van der Waals surface area contributed by atoms with Crippen LogP contribution in [0.1, 0.15) is 36.8 Å².